The molecule has 0 aliphatic carbocycles. The molecular weight excluding hydrogens is 368 g/mol. The van der Waals surface area contributed by atoms with Crippen molar-refractivity contribution in [1.29, 1.82) is 0 Å². The quantitative estimate of drug-likeness (QED) is 0.498. The van der Waals surface area contributed by atoms with Crippen LogP contribution >= 0.6 is 0 Å². The van der Waals surface area contributed by atoms with Crippen LogP contribution in [0.15, 0.2) is 91.0 Å². The Kier molecular flexibility index (Phi) is 5.50. The molecule has 4 rings (SSSR count). The molecule has 150 valence electrons. The van der Waals surface area contributed by atoms with E-state index in [9.17, 15) is 20.4 Å². The molecule has 0 spiro atoms. The third-order valence-corrected chi connectivity index (χ3v) is 5.72. The van der Waals surface area contributed by atoms with Gasteiger partial charge in [-0.2, -0.15) is 0 Å². The maximum absolute atomic E-state index is 11.7. The zero-order valence-electron chi connectivity index (χ0n) is 15.7. The number of rotatable bonds is 5. The fourth-order valence-electron chi connectivity index (χ4n) is 4.31. The van der Waals surface area contributed by atoms with Crippen molar-refractivity contribution in [2.75, 3.05) is 0 Å². The number of aliphatic hydroxyl groups is 4. The monoisotopic (exact) mass is 392 g/mol. The maximum atomic E-state index is 11.7. The first kappa shape index (κ1) is 19.8. The molecule has 0 amide bonds. The first-order chi connectivity index (χ1) is 14.1. The van der Waals surface area contributed by atoms with Crippen LogP contribution in [0.4, 0.5) is 0 Å². The van der Waals surface area contributed by atoms with Crippen LogP contribution in [-0.4, -0.2) is 51.1 Å². The summed E-state index contributed by atoms with van der Waals surface area (Å²) in [6.45, 7) is 0. The average Bonchev–Trinajstić information content (AvgIpc) is 3.04. The normalized spacial score (nSPS) is 25.7. The van der Waals surface area contributed by atoms with Gasteiger partial charge in [-0.15, -0.1) is 0 Å². The second kappa shape index (κ2) is 8.06. The SMILES string of the molecule is OC([C@H]1O[C@H](O)[C@H](O)[C@@H]1O)C(c1ccccc1)(c1ccccc1)c1ccccc1. The lowest BCUT2D eigenvalue weighted by molar-refractivity contribution is -0.151. The lowest BCUT2D eigenvalue weighted by atomic mass is 9.64. The second-order valence-electron chi connectivity index (χ2n) is 7.32. The average molecular weight is 392 g/mol. The van der Waals surface area contributed by atoms with Crippen molar-refractivity contribution in [2.24, 2.45) is 0 Å². The van der Waals surface area contributed by atoms with Gasteiger partial charge in [-0.1, -0.05) is 91.0 Å². The predicted molar refractivity (Wildman–Crippen MR) is 108 cm³/mol. The highest BCUT2D eigenvalue weighted by Crippen LogP contribution is 2.45. The summed E-state index contributed by atoms with van der Waals surface area (Å²) in [5.74, 6) is 0. The van der Waals surface area contributed by atoms with Gasteiger partial charge in [0.2, 0.25) is 0 Å². The van der Waals surface area contributed by atoms with Crippen molar-refractivity contribution in [3.8, 4) is 0 Å². The van der Waals surface area contributed by atoms with Crippen LogP contribution in [-0.2, 0) is 10.2 Å². The van der Waals surface area contributed by atoms with E-state index in [-0.39, 0.29) is 0 Å². The van der Waals surface area contributed by atoms with Crippen LogP contribution in [0, 0.1) is 0 Å². The molecular formula is C24H24O5. The van der Waals surface area contributed by atoms with E-state index in [0.717, 1.165) is 16.7 Å². The third-order valence-electron chi connectivity index (χ3n) is 5.72. The summed E-state index contributed by atoms with van der Waals surface area (Å²) in [6, 6.07) is 28.5. The van der Waals surface area contributed by atoms with Crippen molar-refractivity contribution in [2.45, 2.75) is 36.1 Å². The molecule has 29 heavy (non-hydrogen) atoms. The van der Waals surface area contributed by atoms with Crippen molar-refractivity contribution in [1.82, 2.24) is 0 Å². The van der Waals surface area contributed by atoms with Crippen LogP contribution < -0.4 is 0 Å². The molecule has 3 aromatic rings. The van der Waals surface area contributed by atoms with E-state index in [2.05, 4.69) is 0 Å². The minimum atomic E-state index is -1.57. The smallest absolute Gasteiger partial charge is 0.184 e. The molecule has 0 radical (unpaired) electrons. The van der Waals surface area contributed by atoms with E-state index in [1.165, 1.54) is 0 Å². The Bertz CT molecular complexity index is 819. The number of ether oxygens (including phenoxy) is 1. The first-order valence-electron chi connectivity index (χ1n) is 9.61. The van der Waals surface area contributed by atoms with Gasteiger partial charge in [0.05, 0.1) is 5.41 Å². The van der Waals surface area contributed by atoms with E-state index >= 15 is 0 Å². The van der Waals surface area contributed by atoms with E-state index < -0.39 is 36.1 Å². The largest absolute Gasteiger partial charge is 0.389 e. The Morgan fingerprint density at radius 3 is 1.31 bits per heavy atom. The van der Waals surface area contributed by atoms with Gasteiger partial charge in [0.15, 0.2) is 6.29 Å². The highest BCUT2D eigenvalue weighted by atomic mass is 16.6. The number of hydrogen-bond donors (Lipinski definition) is 4. The van der Waals surface area contributed by atoms with Gasteiger partial charge in [0.1, 0.15) is 24.4 Å². The molecule has 1 saturated heterocycles. The third kappa shape index (κ3) is 3.27. The van der Waals surface area contributed by atoms with Gasteiger partial charge in [0.25, 0.3) is 0 Å². The number of benzene rings is 3. The van der Waals surface area contributed by atoms with Crippen LogP contribution in [0.2, 0.25) is 0 Å². The summed E-state index contributed by atoms with van der Waals surface area (Å²) in [4.78, 5) is 0. The molecule has 5 atom stereocenters. The summed E-state index contributed by atoms with van der Waals surface area (Å²) < 4.78 is 5.42. The lowest BCUT2D eigenvalue weighted by Gasteiger charge is -2.42. The summed E-state index contributed by atoms with van der Waals surface area (Å²) in [5.41, 5.74) is 1.31. The van der Waals surface area contributed by atoms with Gasteiger partial charge in [-0.05, 0) is 16.7 Å². The minimum absolute atomic E-state index is 0.802. The standard InChI is InChI=1S/C24H24O5/c25-19-20(26)23(28)29-21(19)22(27)24(16-10-4-1-5-11-16,17-12-6-2-7-13-17)18-14-8-3-9-15-18/h1-15,19-23,25-28H/t19-,20+,21-,22?,23-/m0/s1. The van der Waals surface area contributed by atoms with Crippen molar-refractivity contribution >= 4 is 0 Å². The van der Waals surface area contributed by atoms with Crippen LogP contribution in [0.1, 0.15) is 16.7 Å². The summed E-state index contributed by atoms with van der Waals surface area (Å²) in [7, 11) is 0. The lowest BCUT2D eigenvalue weighted by Crippen LogP contribution is -2.52. The minimum Gasteiger partial charge on any atom is -0.389 e. The van der Waals surface area contributed by atoms with Crippen molar-refractivity contribution in [3.63, 3.8) is 0 Å². The molecule has 5 nitrogen and oxygen atoms in total. The van der Waals surface area contributed by atoms with Crippen LogP contribution in [0.5, 0.6) is 0 Å². The first-order valence-corrected chi connectivity index (χ1v) is 9.61. The van der Waals surface area contributed by atoms with E-state index in [0.29, 0.717) is 0 Å². The highest BCUT2D eigenvalue weighted by molar-refractivity contribution is 5.52. The van der Waals surface area contributed by atoms with Gasteiger partial charge >= 0.3 is 0 Å². The van der Waals surface area contributed by atoms with Crippen LogP contribution in [0.3, 0.4) is 0 Å². The summed E-state index contributed by atoms with van der Waals surface area (Å²) in [5, 5.41) is 42.2. The predicted octanol–water partition coefficient (Wildman–Crippen LogP) is 1.82. The Labute approximate surface area is 169 Å². The van der Waals surface area contributed by atoms with Gasteiger partial charge < -0.3 is 25.2 Å². The molecule has 1 aliphatic rings. The zero-order valence-corrected chi connectivity index (χ0v) is 15.7. The Morgan fingerprint density at radius 2 is 1.00 bits per heavy atom. The Morgan fingerprint density at radius 1 is 0.621 bits per heavy atom. The highest BCUT2D eigenvalue weighted by Gasteiger charge is 2.54. The molecule has 0 aromatic heterocycles. The van der Waals surface area contributed by atoms with E-state index in [1.807, 2.05) is 91.0 Å². The topological polar surface area (TPSA) is 90.2 Å². The number of hydrogen-bond acceptors (Lipinski definition) is 5. The second-order valence-corrected chi connectivity index (χ2v) is 7.32. The van der Waals surface area contributed by atoms with Crippen molar-refractivity contribution < 1.29 is 25.2 Å². The van der Waals surface area contributed by atoms with Crippen molar-refractivity contribution in [3.05, 3.63) is 108 Å². The molecule has 0 saturated carbocycles. The van der Waals surface area contributed by atoms with E-state index in [1.54, 1.807) is 0 Å². The van der Waals surface area contributed by atoms with E-state index in [4.69, 9.17) is 4.74 Å². The summed E-state index contributed by atoms with van der Waals surface area (Å²) in [6.07, 6.45) is -6.98. The molecule has 0 bridgehead atoms. The van der Waals surface area contributed by atoms with Gasteiger partial charge in [-0.25, -0.2) is 0 Å². The fraction of sp³-hybridized carbons (Fsp3) is 0.250. The molecule has 3 aromatic carbocycles. The number of aliphatic hydroxyl groups excluding tert-OH is 4. The molecule has 1 unspecified atom stereocenters. The zero-order chi connectivity index (χ0) is 20.4. The maximum Gasteiger partial charge on any atom is 0.184 e. The fourth-order valence-corrected chi connectivity index (χ4v) is 4.31. The van der Waals surface area contributed by atoms with Gasteiger partial charge in [-0.3, -0.25) is 0 Å². The Balaban J connectivity index is 1.98. The van der Waals surface area contributed by atoms with Gasteiger partial charge in [0, 0.05) is 0 Å². The molecule has 1 heterocycles. The molecule has 1 fully saturated rings. The molecule has 1 aliphatic heterocycles. The summed E-state index contributed by atoms with van der Waals surface area (Å²) >= 11 is 0. The molecule has 4 N–H and O–H groups in total. The Hall–Kier alpha value is -2.54. The molecule has 5 heteroatoms. The van der Waals surface area contributed by atoms with Crippen LogP contribution in [0.25, 0.3) is 0 Å².